The summed E-state index contributed by atoms with van der Waals surface area (Å²) < 4.78 is 5.28. The van der Waals surface area contributed by atoms with Gasteiger partial charge in [-0.15, -0.1) is 0 Å². The second kappa shape index (κ2) is 5.22. The van der Waals surface area contributed by atoms with E-state index >= 15 is 0 Å². The minimum Gasteiger partial charge on any atom is -0.362 e. The van der Waals surface area contributed by atoms with Crippen molar-refractivity contribution >= 4 is 11.8 Å². The summed E-state index contributed by atoms with van der Waals surface area (Å²) in [5, 5.41) is 0. The Labute approximate surface area is 78.1 Å². The summed E-state index contributed by atoms with van der Waals surface area (Å²) in [5.41, 5.74) is 0.192. The van der Waals surface area contributed by atoms with Crippen LogP contribution in [0, 0.1) is 6.61 Å². The van der Waals surface area contributed by atoms with E-state index in [0.717, 1.165) is 0 Å². The largest absolute Gasteiger partial charge is 0.362 e. The Balaban J connectivity index is 2.41. The Bertz CT molecular complexity index is 210. The standard InChI is InChI=1S/C10H13OS/c1-3-11-9(2)12-10-7-5-4-6-8-10/h3-9H,1-2H3. The SMILES string of the molecule is C[CH]OC(C)Sc1ccccc1. The molecule has 1 nitrogen and oxygen atoms in total. The summed E-state index contributed by atoms with van der Waals surface area (Å²) in [6.07, 6.45) is 0. The van der Waals surface area contributed by atoms with Crippen LogP contribution in [-0.2, 0) is 4.74 Å². The Morgan fingerprint density at radius 1 is 1.33 bits per heavy atom. The smallest absolute Gasteiger partial charge is 0.105 e. The Kier molecular flexibility index (Phi) is 4.19. The van der Waals surface area contributed by atoms with Crippen molar-refractivity contribution in [1.82, 2.24) is 0 Å². The first-order valence-electron chi connectivity index (χ1n) is 3.98. The molecule has 1 atom stereocenters. The number of rotatable bonds is 4. The average Bonchev–Trinajstić information content (AvgIpc) is 2.06. The highest BCUT2D eigenvalue weighted by atomic mass is 32.2. The molecule has 0 amide bonds. The maximum Gasteiger partial charge on any atom is 0.105 e. The van der Waals surface area contributed by atoms with Gasteiger partial charge < -0.3 is 4.74 Å². The van der Waals surface area contributed by atoms with Crippen molar-refractivity contribution in [2.24, 2.45) is 0 Å². The summed E-state index contributed by atoms with van der Waals surface area (Å²) >= 11 is 1.71. The fraction of sp³-hybridized carbons (Fsp3) is 0.300. The van der Waals surface area contributed by atoms with E-state index in [-0.39, 0.29) is 5.44 Å². The van der Waals surface area contributed by atoms with E-state index in [1.807, 2.05) is 32.0 Å². The topological polar surface area (TPSA) is 9.23 Å². The van der Waals surface area contributed by atoms with Crippen LogP contribution in [0.1, 0.15) is 13.8 Å². The summed E-state index contributed by atoms with van der Waals surface area (Å²) in [6, 6.07) is 10.2. The van der Waals surface area contributed by atoms with E-state index in [9.17, 15) is 0 Å². The second-order valence-electron chi connectivity index (χ2n) is 2.37. The van der Waals surface area contributed by atoms with Crippen molar-refractivity contribution in [3.63, 3.8) is 0 Å². The van der Waals surface area contributed by atoms with Crippen LogP contribution in [-0.4, -0.2) is 5.44 Å². The Morgan fingerprint density at radius 3 is 2.58 bits per heavy atom. The normalized spacial score (nSPS) is 12.8. The molecule has 0 aliphatic rings. The van der Waals surface area contributed by atoms with Crippen molar-refractivity contribution in [2.45, 2.75) is 24.2 Å². The van der Waals surface area contributed by atoms with Crippen molar-refractivity contribution < 1.29 is 4.74 Å². The van der Waals surface area contributed by atoms with Gasteiger partial charge in [-0.25, -0.2) is 0 Å². The third-order valence-corrected chi connectivity index (χ3v) is 2.36. The number of benzene rings is 1. The lowest BCUT2D eigenvalue weighted by molar-refractivity contribution is 0.194. The predicted octanol–water partition coefficient (Wildman–Crippen LogP) is 3.32. The van der Waals surface area contributed by atoms with Gasteiger partial charge in [0.05, 0.1) is 6.61 Å². The fourth-order valence-corrected chi connectivity index (χ4v) is 1.77. The maximum atomic E-state index is 5.28. The van der Waals surface area contributed by atoms with Gasteiger partial charge in [-0.05, 0) is 26.0 Å². The number of hydrogen-bond donors (Lipinski definition) is 0. The van der Waals surface area contributed by atoms with E-state index < -0.39 is 0 Å². The molecule has 1 rings (SSSR count). The van der Waals surface area contributed by atoms with Crippen molar-refractivity contribution in [3.8, 4) is 0 Å². The van der Waals surface area contributed by atoms with Gasteiger partial charge in [0.25, 0.3) is 0 Å². The molecule has 0 saturated heterocycles. The lowest BCUT2D eigenvalue weighted by Crippen LogP contribution is -1.98. The zero-order valence-corrected chi connectivity index (χ0v) is 8.17. The third-order valence-electron chi connectivity index (χ3n) is 1.37. The van der Waals surface area contributed by atoms with Gasteiger partial charge in [0.15, 0.2) is 0 Å². The Morgan fingerprint density at radius 2 is 2.00 bits per heavy atom. The number of thioether (sulfide) groups is 1. The molecular formula is C10H13OS. The molecule has 1 unspecified atom stereocenters. The van der Waals surface area contributed by atoms with Gasteiger partial charge in [0, 0.05) is 4.90 Å². The van der Waals surface area contributed by atoms with Gasteiger partial charge >= 0.3 is 0 Å². The molecule has 0 bridgehead atoms. The molecule has 65 valence electrons. The highest BCUT2D eigenvalue weighted by molar-refractivity contribution is 7.99. The fourth-order valence-electron chi connectivity index (χ4n) is 0.910. The molecule has 2 heteroatoms. The molecule has 0 saturated carbocycles. The molecule has 1 aromatic rings. The average molecular weight is 181 g/mol. The summed E-state index contributed by atoms with van der Waals surface area (Å²) in [6.45, 7) is 5.65. The molecule has 0 N–H and O–H groups in total. The third kappa shape index (κ3) is 3.28. The van der Waals surface area contributed by atoms with E-state index in [1.54, 1.807) is 18.4 Å². The van der Waals surface area contributed by atoms with Crippen LogP contribution in [0.4, 0.5) is 0 Å². The molecule has 0 heterocycles. The van der Waals surface area contributed by atoms with Crippen LogP contribution in [0.15, 0.2) is 35.2 Å². The van der Waals surface area contributed by atoms with E-state index in [2.05, 4.69) is 12.1 Å². The van der Waals surface area contributed by atoms with E-state index in [0.29, 0.717) is 0 Å². The first kappa shape index (κ1) is 9.62. The quantitative estimate of drug-likeness (QED) is 0.520. The molecule has 0 aliphatic heterocycles. The predicted molar refractivity (Wildman–Crippen MR) is 52.8 cm³/mol. The minimum absolute atomic E-state index is 0.192. The molecule has 1 radical (unpaired) electrons. The van der Waals surface area contributed by atoms with Crippen LogP contribution < -0.4 is 0 Å². The van der Waals surface area contributed by atoms with Gasteiger partial charge in [0.1, 0.15) is 5.44 Å². The zero-order valence-electron chi connectivity index (χ0n) is 7.36. The van der Waals surface area contributed by atoms with E-state index in [1.165, 1.54) is 4.90 Å². The summed E-state index contributed by atoms with van der Waals surface area (Å²) in [7, 11) is 0. The molecular weight excluding hydrogens is 168 g/mol. The van der Waals surface area contributed by atoms with Crippen LogP contribution in [0.3, 0.4) is 0 Å². The molecule has 0 aromatic heterocycles. The number of ether oxygens (including phenoxy) is 1. The molecule has 0 aliphatic carbocycles. The highest BCUT2D eigenvalue weighted by Gasteiger charge is 2.01. The maximum absolute atomic E-state index is 5.28. The monoisotopic (exact) mass is 181 g/mol. The molecule has 0 fully saturated rings. The van der Waals surface area contributed by atoms with Gasteiger partial charge in [-0.1, -0.05) is 30.0 Å². The molecule has 1 aromatic carbocycles. The van der Waals surface area contributed by atoms with Crippen LogP contribution >= 0.6 is 11.8 Å². The summed E-state index contributed by atoms with van der Waals surface area (Å²) in [5.74, 6) is 0. The molecule has 12 heavy (non-hydrogen) atoms. The zero-order chi connectivity index (χ0) is 8.81. The van der Waals surface area contributed by atoms with E-state index in [4.69, 9.17) is 4.74 Å². The van der Waals surface area contributed by atoms with Crippen LogP contribution in [0.5, 0.6) is 0 Å². The first-order valence-corrected chi connectivity index (χ1v) is 4.86. The Hall–Kier alpha value is -0.470. The lowest BCUT2D eigenvalue weighted by Gasteiger charge is -2.09. The van der Waals surface area contributed by atoms with Crippen molar-refractivity contribution in [3.05, 3.63) is 36.9 Å². The second-order valence-corrected chi connectivity index (χ2v) is 3.74. The first-order chi connectivity index (χ1) is 5.83. The number of hydrogen-bond acceptors (Lipinski definition) is 2. The minimum atomic E-state index is 0.192. The van der Waals surface area contributed by atoms with Crippen LogP contribution in [0.25, 0.3) is 0 Å². The van der Waals surface area contributed by atoms with Crippen LogP contribution in [0.2, 0.25) is 0 Å². The van der Waals surface area contributed by atoms with Crippen molar-refractivity contribution in [1.29, 1.82) is 0 Å². The highest BCUT2D eigenvalue weighted by Crippen LogP contribution is 2.23. The van der Waals surface area contributed by atoms with Gasteiger partial charge in [-0.2, -0.15) is 0 Å². The van der Waals surface area contributed by atoms with Crippen molar-refractivity contribution in [2.75, 3.05) is 0 Å². The van der Waals surface area contributed by atoms with Gasteiger partial charge in [-0.3, -0.25) is 0 Å². The van der Waals surface area contributed by atoms with Gasteiger partial charge in [0.2, 0.25) is 0 Å². The summed E-state index contributed by atoms with van der Waals surface area (Å²) in [4.78, 5) is 1.24. The lowest BCUT2D eigenvalue weighted by atomic mass is 10.4. The molecule has 0 spiro atoms.